The van der Waals surface area contributed by atoms with Crippen LogP contribution in [0.3, 0.4) is 0 Å². The second kappa shape index (κ2) is 3.39. The Bertz CT molecular complexity index is 286. The van der Waals surface area contributed by atoms with Crippen LogP contribution in [0.5, 0.6) is 0 Å². The summed E-state index contributed by atoms with van der Waals surface area (Å²) in [5.74, 6) is -0.273. The number of fused-ring (bicyclic) bond motifs is 1. The highest BCUT2D eigenvalue weighted by atomic mass is 17.0. The Morgan fingerprint density at radius 3 is 2.87 bits per heavy atom. The summed E-state index contributed by atoms with van der Waals surface area (Å²) in [6.07, 6.45) is -2.25. The van der Waals surface area contributed by atoms with Crippen LogP contribution in [0.1, 0.15) is 6.92 Å². The molecule has 0 aromatic heterocycles. The lowest BCUT2D eigenvalue weighted by atomic mass is 9.96. The van der Waals surface area contributed by atoms with E-state index in [1.807, 2.05) is 0 Å². The van der Waals surface area contributed by atoms with Gasteiger partial charge in [-0.2, -0.15) is 0 Å². The molecule has 0 unspecified atom stereocenters. The quantitative estimate of drug-likeness (QED) is 0.250. The summed E-state index contributed by atoms with van der Waals surface area (Å²) in [4.78, 5) is 10.8. The SMILES string of the molecule is CC(=O)N[C@H]1C[O+]2N[C@@]2(CO)[C@@H](O)[C@@H]1O. The van der Waals surface area contributed by atoms with Crippen molar-refractivity contribution in [3.63, 3.8) is 0 Å². The molecule has 1 amide bonds. The van der Waals surface area contributed by atoms with Crippen LogP contribution in [0.4, 0.5) is 0 Å². The van der Waals surface area contributed by atoms with Crippen molar-refractivity contribution in [1.29, 1.82) is 0 Å². The van der Waals surface area contributed by atoms with E-state index in [-0.39, 0.29) is 19.1 Å². The van der Waals surface area contributed by atoms with Crippen LogP contribution in [-0.4, -0.2) is 58.4 Å². The van der Waals surface area contributed by atoms with E-state index >= 15 is 0 Å². The van der Waals surface area contributed by atoms with Gasteiger partial charge >= 0.3 is 5.72 Å². The number of aliphatic hydroxyl groups excluding tert-OH is 3. The predicted octanol–water partition coefficient (Wildman–Crippen LogP) is -3.01. The lowest BCUT2D eigenvalue weighted by Gasteiger charge is -2.29. The second-order valence-corrected chi connectivity index (χ2v) is 3.95. The zero-order chi connectivity index (χ0) is 11.2. The first kappa shape index (κ1) is 10.8. The molecule has 2 fully saturated rings. The number of carbonyl (C=O) groups excluding carboxylic acids is 1. The molecule has 0 aliphatic carbocycles. The van der Waals surface area contributed by atoms with E-state index in [9.17, 15) is 15.0 Å². The molecule has 86 valence electrons. The molecule has 7 heteroatoms. The van der Waals surface area contributed by atoms with E-state index in [2.05, 4.69) is 15.3 Å². The largest absolute Gasteiger partial charge is 0.388 e. The van der Waals surface area contributed by atoms with E-state index < -0.39 is 24.0 Å². The molecule has 0 saturated carbocycles. The first-order valence-electron chi connectivity index (χ1n) is 4.74. The minimum absolute atomic E-state index is 0.273. The van der Waals surface area contributed by atoms with Gasteiger partial charge in [0.05, 0.1) is 0 Å². The highest BCUT2D eigenvalue weighted by molar-refractivity contribution is 5.73. The third kappa shape index (κ3) is 1.52. The average molecular weight is 219 g/mol. The van der Waals surface area contributed by atoms with Crippen molar-refractivity contribution in [2.45, 2.75) is 30.9 Å². The number of amides is 1. The molecule has 0 bridgehead atoms. The Balaban J connectivity index is 2.07. The fraction of sp³-hybridized carbons (Fsp3) is 0.875. The molecule has 0 radical (unpaired) electrons. The molecule has 15 heavy (non-hydrogen) atoms. The third-order valence-corrected chi connectivity index (χ3v) is 2.88. The Kier molecular flexibility index (Phi) is 2.44. The van der Waals surface area contributed by atoms with Crippen LogP contribution < -0.4 is 10.8 Å². The Morgan fingerprint density at radius 2 is 2.33 bits per heavy atom. The zero-order valence-electron chi connectivity index (χ0n) is 8.30. The standard InChI is InChI=1S/C8H14N2O5/c1-4(12)9-5-2-15-8(3-11,10-15)7(14)6(5)13/h5-7,10-11,13-14H,2-3H2,1H3/p+1/t5-,6+,7-,8+/m0/s1. The maximum atomic E-state index is 10.8. The number of carbonyl (C=O) groups is 1. The average Bonchev–Trinajstić information content (AvgIpc) is 2.88. The summed E-state index contributed by atoms with van der Waals surface area (Å²) in [7, 11) is 0. The second-order valence-electron chi connectivity index (χ2n) is 3.95. The monoisotopic (exact) mass is 219 g/mol. The van der Waals surface area contributed by atoms with Crippen molar-refractivity contribution in [2.75, 3.05) is 13.2 Å². The van der Waals surface area contributed by atoms with Crippen LogP contribution in [-0.2, 0) is 9.26 Å². The molecular weight excluding hydrogens is 204 g/mol. The summed E-state index contributed by atoms with van der Waals surface area (Å²) in [6, 6.07) is -0.558. The summed E-state index contributed by atoms with van der Waals surface area (Å²) in [6.45, 7) is 1.30. The Labute approximate surface area is 86.3 Å². The van der Waals surface area contributed by atoms with Gasteiger partial charge < -0.3 is 20.6 Å². The number of hydroxylamine groups is 1. The van der Waals surface area contributed by atoms with Gasteiger partial charge in [0.25, 0.3) is 0 Å². The van der Waals surface area contributed by atoms with Crippen LogP contribution in [0.2, 0.25) is 0 Å². The maximum absolute atomic E-state index is 10.8. The highest BCUT2D eigenvalue weighted by Gasteiger charge is 2.74. The van der Waals surface area contributed by atoms with Crippen LogP contribution in [0, 0.1) is 0 Å². The van der Waals surface area contributed by atoms with Crippen LogP contribution in [0.15, 0.2) is 0 Å². The molecule has 4 atom stereocenters. The van der Waals surface area contributed by atoms with Crippen molar-refractivity contribution in [1.82, 2.24) is 10.8 Å². The van der Waals surface area contributed by atoms with E-state index in [1.54, 1.807) is 0 Å². The van der Waals surface area contributed by atoms with E-state index in [0.717, 1.165) is 0 Å². The summed E-state index contributed by atoms with van der Waals surface area (Å²) >= 11 is 0. The first-order valence-corrected chi connectivity index (χ1v) is 4.74. The summed E-state index contributed by atoms with van der Waals surface area (Å²) in [5, 5.41) is 31.1. The fourth-order valence-corrected chi connectivity index (χ4v) is 1.95. The van der Waals surface area contributed by atoms with Crippen molar-refractivity contribution in [3.05, 3.63) is 0 Å². The van der Waals surface area contributed by atoms with Gasteiger partial charge in [0.15, 0.2) is 12.7 Å². The summed E-state index contributed by atoms with van der Waals surface area (Å²) < 4.78 is 2.44. The highest BCUT2D eigenvalue weighted by Crippen LogP contribution is 2.39. The van der Waals surface area contributed by atoms with E-state index in [1.165, 1.54) is 6.92 Å². The number of rotatable bonds is 2. The van der Waals surface area contributed by atoms with E-state index in [4.69, 9.17) is 5.11 Å². The van der Waals surface area contributed by atoms with Gasteiger partial charge in [-0.05, 0) is 0 Å². The zero-order valence-corrected chi connectivity index (χ0v) is 8.30. The molecule has 2 aliphatic heterocycles. The number of aliphatic hydroxyl groups is 3. The van der Waals surface area contributed by atoms with Gasteiger partial charge in [-0.1, -0.05) is 0 Å². The molecule has 0 aromatic rings. The lowest BCUT2D eigenvalue weighted by Crippen LogP contribution is -2.60. The van der Waals surface area contributed by atoms with Gasteiger partial charge in [0, 0.05) is 12.4 Å². The molecule has 5 N–H and O–H groups in total. The molecule has 0 aromatic carbocycles. The van der Waals surface area contributed by atoms with Gasteiger partial charge in [0.2, 0.25) is 5.91 Å². The molecule has 2 saturated heterocycles. The molecule has 2 aliphatic rings. The smallest absolute Gasteiger partial charge is 0.354 e. The minimum atomic E-state index is -1.15. The molecule has 2 heterocycles. The number of nitrogens with one attached hydrogen (secondary N) is 2. The number of hydrogen-bond donors (Lipinski definition) is 5. The van der Waals surface area contributed by atoms with Gasteiger partial charge in [-0.25, -0.2) is 0 Å². The third-order valence-electron chi connectivity index (χ3n) is 2.88. The molecule has 7 nitrogen and oxygen atoms in total. The van der Waals surface area contributed by atoms with Crippen molar-refractivity contribution >= 4 is 5.91 Å². The van der Waals surface area contributed by atoms with Crippen molar-refractivity contribution in [3.8, 4) is 0 Å². The molecular formula is C8H15N2O5+. The fourth-order valence-electron chi connectivity index (χ4n) is 1.95. The van der Waals surface area contributed by atoms with Crippen molar-refractivity contribution < 1.29 is 24.6 Å². The lowest BCUT2D eigenvalue weighted by molar-refractivity contribution is -0.175. The Morgan fingerprint density at radius 1 is 1.67 bits per heavy atom. The normalized spacial score (nSPS) is 44.7. The first-order chi connectivity index (χ1) is 7.01. The van der Waals surface area contributed by atoms with Crippen LogP contribution >= 0.6 is 0 Å². The van der Waals surface area contributed by atoms with Crippen molar-refractivity contribution in [2.24, 2.45) is 0 Å². The Hall–Kier alpha value is -0.730. The topological polar surface area (TPSA) is 114 Å². The van der Waals surface area contributed by atoms with Gasteiger partial charge in [0.1, 0.15) is 18.8 Å². The van der Waals surface area contributed by atoms with Gasteiger partial charge in [-0.15, -0.1) is 0 Å². The maximum Gasteiger partial charge on any atom is 0.354 e. The number of hydrogen-bond acceptors (Lipinski definition) is 5. The molecule has 2 rings (SSSR count). The van der Waals surface area contributed by atoms with E-state index in [0.29, 0.717) is 0 Å². The molecule has 0 spiro atoms. The van der Waals surface area contributed by atoms with Crippen LogP contribution in [0.25, 0.3) is 0 Å². The predicted molar refractivity (Wildman–Crippen MR) is 48.5 cm³/mol. The minimum Gasteiger partial charge on any atom is -0.388 e. The van der Waals surface area contributed by atoms with Gasteiger partial charge in [-0.3, -0.25) is 9.26 Å². The summed E-state index contributed by atoms with van der Waals surface area (Å²) in [5.41, 5.74) is 1.71.